The van der Waals surface area contributed by atoms with Crippen molar-refractivity contribution in [3.05, 3.63) is 30.0 Å². The number of morpholine rings is 1. The number of amides is 1. The molecule has 1 saturated heterocycles. The SMILES string of the molecule is O=C(c1n[nH]c2ccccc12)N1CCO[C@H](CO)C1. The van der Waals surface area contributed by atoms with Gasteiger partial charge in [0.05, 0.1) is 24.8 Å². The van der Waals surface area contributed by atoms with Crippen LogP contribution in [-0.4, -0.2) is 58.5 Å². The Morgan fingerprint density at radius 2 is 2.37 bits per heavy atom. The monoisotopic (exact) mass is 261 g/mol. The number of hydrogen-bond donors (Lipinski definition) is 2. The smallest absolute Gasteiger partial charge is 0.275 e. The fourth-order valence-corrected chi connectivity index (χ4v) is 2.29. The molecule has 0 unspecified atom stereocenters. The van der Waals surface area contributed by atoms with Gasteiger partial charge in [0.25, 0.3) is 5.91 Å². The molecule has 100 valence electrons. The normalized spacial score (nSPS) is 19.8. The summed E-state index contributed by atoms with van der Waals surface area (Å²) < 4.78 is 5.34. The Hall–Kier alpha value is -1.92. The number of aromatic amines is 1. The third-order valence-corrected chi connectivity index (χ3v) is 3.30. The average molecular weight is 261 g/mol. The quantitative estimate of drug-likeness (QED) is 0.820. The van der Waals surface area contributed by atoms with Gasteiger partial charge in [0.2, 0.25) is 0 Å². The number of nitrogens with one attached hydrogen (secondary N) is 1. The molecule has 1 amide bonds. The van der Waals surface area contributed by atoms with Gasteiger partial charge < -0.3 is 14.7 Å². The summed E-state index contributed by atoms with van der Waals surface area (Å²) in [5.74, 6) is -0.126. The molecule has 1 aromatic heterocycles. The highest BCUT2D eigenvalue weighted by molar-refractivity contribution is 6.04. The Balaban J connectivity index is 1.87. The highest BCUT2D eigenvalue weighted by Gasteiger charge is 2.26. The van der Waals surface area contributed by atoms with Gasteiger partial charge in [-0.15, -0.1) is 0 Å². The van der Waals surface area contributed by atoms with Crippen LogP contribution in [0.15, 0.2) is 24.3 Å². The minimum Gasteiger partial charge on any atom is -0.394 e. The van der Waals surface area contributed by atoms with Crippen molar-refractivity contribution in [2.75, 3.05) is 26.3 Å². The standard InChI is InChI=1S/C13H15N3O3/c17-8-9-7-16(5-6-19-9)13(18)12-10-3-1-2-4-11(10)14-15-12/h1-4,9,17H,5-8H2,(H,14,15)/t9-/m0/s1. The second-order valence-electron chi connectivity index (χ2n) is 4.54. The lowest BCUT2D eigenvalue weighted by molar-refractivity contribution is -0.0448. The third-order valence-electron chi connectivity index (χ3n) is 3.30. The minimum atomic E-state index is -0.303. The van der Waals surface area contributed by atoms with Crippen molar-refractivity contribution in [2.24, 2.45) is 0 Å². The maximum Gasteiger partial charge on any atom is 0.275 e. The van der Waals surface area contributed by atoms with Crippen LogP contribution in [0.3, 0.4) is 0 Å². The molecule has 6 nitrogen and oxygen atoms in total. The molecular formula is C13H15N3O3. The number of carbonyl (C=O) groups excluding carboxylic acids is 1. The lowest BCUT2D eigenvalue weighted by atomic mass is 10.2. The average Bonchev–Trinajstić information content (AvgIpc) is 2.90. The van der Waals surface area contributed by atoms with Crippen LogP contribution in [0.5, 0.6) is 0 Å². The molecule has 1 aliphatic heterocycles. The molecule has 19 heavy (non-hydrogen) atoms. The van der Waals surface area contributed by atoms with Crippen molar-refractivity contribution in [1.29, 1.82) is 0 Å². The second-order valence-corrected chi connectivity index (χ2v) is 4.54. The van der Waals surface area contributed by atoms with Gasteiger partial charge >= 0.3 is 0 Å². The maximum absolute atomic E-state index is 12.4. The summed E-state index contributed by atoms with van der Waals surface area (Å²) in [7, 11) is 0. The van der Waals surface area contributed by atoms with Crippen molar-refractivity contribution >= 4 is 16.8 Å². The van der Waals surface area contributed by atoms with E-state index in [1.807, 2.05) is 24.3 Å². The molecule has 1 atom stereocenters. The van der Waals surface area contributed by atoms with Gasteiger partial charge in [-0.1, -0.05) is 18.2 Å². The molecule has 0 bridgehead atoms. The number of ether oxygens (including phenoxy) is 1. The van der Waals surface area contributed by atoms with Crippen LogP contribution < -0.4 is 0 Å². The van der Waals surface area contributed by atoms with E-state index in [4.69, 9.17) is 9.84 Å². The molecule has 0 spiro atoms. The number of benzene rings is 1. The van der Waals surface area contributed by atoms with Gasteiger partial charge in [-0.05, 0) is 6.07 Å². The number of fused-ring (bicyclic) bond motifs is 1. The van der Waals surface area contributed by atoms with E-state index in [1.165, 1.54) is 0 Å². The minimum absolute atomic E-state index is 0.0783. The molecular weight excluding hydrogens is 246 g/mol. The summed E-state index contributed by atoms with van der Waals surface area (Å²) in [6.45, 7) is 1.29. The first-order valence-electron chi connectivity index (χ1n) is 6.24. The van der Waals surface area contributed by atoms with Crippen molar-refractivity contribution in [3.63, 3.8) is 0 Å². The largest absolute Gasteiger partial charge is 0.394 e. The summed E-state index contributed by atoms with van der Waals surface area (Å²) in [4.78, 5) is 14.1. The Bertz CT molecular complexity index is 596. The second kappa shape index (κ2) is 4.99. The zero-order chi connectivity index (χ0) is 13.2. The number of nitrogens with zero attached hydrogens (tertiary/aromatic N) is 2. The Morgan fingerprint density at radius 1 is 1.53 bits per heavy atom. The van der Waals surface area contributed by atoms with Crippen molar-refractivity contribution in [1.82, 2.24) is 15.1 Å². The van der Waals surface area contributed by atoms with Crippen LogP contribution in [0, 0.1) is 0 Å². The summed E-state index contributed by atoms with van der Waals surface area (Å²) in [6, 6.07) is 7.53. The number of rotatable bonds is 2. The molecule has 1 fully saturated rings. The fourth-order valence-electron chi connectivity index (χ4n) is 2.29. The van der Waals surface area contributed by atoms with Crippen LogP contribution in [0.25, 0.3) is 10.9 Å². The highest BCUT2D eigenvalue weighted by Crippen LogP contribution is 2.18. The molecule has 1 aliphatic rings. The fraction of sp³-hybridized carbons (Fsp3) is 0.385. The molecule has 2 heterocycles. The summed E-state index contributed by atoms with van der Waals surface area (Å²) >= 11 is 0. The number of aliphatic hydroxyl groups is 1. The lowest BCUT2D eigenvalue weighted by Crippen LogP contribution is -2.47. The number of aliphatic hydroxyl groups excluding tert-OH is 1. The Morgan fingerprint density at radius 3 is 3.21 bits per heavy atom. The van der Waals surface area contributed by atoms with E-state index in [2.05, 4.69) is 10.2 Å². The van der Waals surface area contributed by atoms with E-state index >= 15 is 0 Å². The third kappa shape index (κ3) is 2.20. The maximum atomic E-state index is 12.4. The molecule has 6 heteroatoms. The van der Waals surface area contributed by atoms with E-state index in [0.717, 1.165) is 10.9 Å². The number of H-pyrrole nitrogens is 1. The first-order valence-corrected chi connectivity index (χ1v) is 6.24. The highest BCUT2D eigenvalue weighted by atomic mass is 16.5. The van der Waals surface area contributed by atoms with E-state index in [-0.39, 0.29) is 18.6 Å². The van der Waals surface area contributed by atoms with Gasteiger partial charge in [-0.3, -0.25) is 9.89 Å². The lowest BCUT2D eigenvalue weighted by Gasteiger charge is -2.31. The van der Waals surface area contributed by atoms with Crippen LogP contribution in [0.4, 0.5) is 0 Å². The first-order chi connectivity index (χ1) is 9.29. The zero-order valence-electron chi connectivity index (χ0n) is 10.4. The zero-order valence-corrected chi connectivity index (χ0v) is 10.4. The molecule has 0 aliphatic carbocycles. The van der Waals surface area contributed by atoms with Gasteiger partial charge in [0.15, 0.2) is 5.69 Å². The van der Waals surface area contributed by atoms with Crippen LogP contribution in [0.1, 0.15) is 10.5 Å². The predicted octanol–water partition coefficient (Wildman–Crippen LogP) is 0.396. The first kappa shape index (κ1) is 12.1. The molecule has 0 radical (unpaired) electrons. The van der Waals surface area contributed by atoms with Crippen molar-refractivity contribution in [3.8, 4) is 0 Å². The number of carbonyl (C=O) groups is 1. The Kier molecular flexibility index (Phi) is 3.18. The van der Waals surface area contributed by atoms with Gasteiger partial charge in [0, 0.05) is 18.5 Å². The molecule has 3 rings (SSSR count). The summed E-state index contributed by atoms with van der Waals surface area (Å²) in [5.41, 5.74) is 1.27. The number of para-hydroxylation sites is 1. The van der Waals surface area contributed by atoms with Crippen LogP contribution in [0.2, 0.25) is 0 Å². The van der Waals surface area contributed by atoms with E-state index in [9.17, 15) is 4.79 Å². The topological polar surface area (TPSA) is 78.5 Å². The van der Waals surface area contributed by atoms with Crippen LogP contribution in [-0.2, 0) is 4.74 Å². The molecule has 2 N–H and O–H groups in total. The van der Waals surface area contributed by atoms with E-state index < -0.39 is 0 Å². The molecule has 2 aromatic rings. The number of aromatic nitrogens is 2. The van der Waals surface area contributed by atoms with Crippen LogP contribution >= 0.6 is 0 Å². The van der Waals surface area contributed by atoms with E-state index in [0.29, 0.717) is 25.4 Å². The summed E-state index contributed by atoms with van der Waals surface area (Å²) in [5, 5.41) is 16.9. The van der Waals surface area contributed by atoms with Gasteiger partial charge in [-0.2, -0.15) is 5.10 Å². The van der Waals surface area contributed by atoms with Crippen molar-refractivity contribution in [2.45, 2.75) is 6.10 Å². The molecule has 0 saturated carbocycles. The summed E-state index contributed by atoms with van der Waals surface area (Å²) in [6.07, 6.45) is -0.303. The number of hydrogen-bond acceptors (Lipinski definition) is 4. The van der Waals surface area contributed by atoms with Gasteiger partial charge in [0.1, 0.15) is 0 Å². The van der Waals surface area contributed by atoms with Gasteiger partial charge in [-0.25, -0.2) is 0 Å². The Labute approximate surface area is 110 Å². The van der Waals surface area contributed by atoms with E-state index in [1.54, 1.807) is 4.90 Å². The van der Waals surface area contributed by atoms with Crippen molar-refractivity contribution < 1.29 is 14.6 Å². The predicted molar refractivity (Wildman–Crippen MR) is 68.8 cm³/mol. The molecule has 1 aromatic carbocycles.